The van der Waals surface area contributed by atoms with E-state index in [0.29, 0.717) is 12.8 Å². The number of hydrogen-bond acceptors (Lipinski definition) is 3. The lowest BCUT2D eigenvalue weighted by atomic mass is 10.1. The smallest absolute Gasteiger partial charge is 0.306 e. The second kappa shape index (κ2) is 14.9. The summed E-state index contributed by atoms with van der Waals surface area (Å²) in [6.45, 7) is 4.18. The molecule has 0 saturated heterocycles. The number of hydrogen-bond donors (Lipinski definition) is 1. The van der Waals surface area contributed by atoms with Crippen molar-refractivity contribution in [3.63, 3.8) is 0 Å². The maximum Gasteiger partial charge on any atom is 0.306 e. The summed E-state index contributed by atoms with van der Waals surface area (Å²) in [5.41, 5.74) is 0. The molecule has 0 aliphatic carbocycles. The molecule has 0 aromatic rings. The fraction of sp³-hybridized carbons (Fsp3) is 0.889. The van der Waals surface area contributed by atoms with Crippen LogP contribution >= 0.6 is 0 Å². The molecule has 0 spiro atoms. The number of carboxylic acid groups (broad SMARTS) is 1. The summed E-state index contributed by atoms with van der Waals surface area (Å²) in [5, 5.41) is 8.51. The minimum atomic E-state index is -0.772. The highest BCUT2D eigenvalue weighted by atomic mass is 16.5. The maximum absolute atomic E-state index is 11.6. The number of esters is 1. The maximum atomic E-state index is 11.6. The van der Waals surface area contributed by atoms with Crippen LogP contribution in [0.25, 0.3) is 0 Å². The van der Waals surface area contributed by atoms with E-state index in [4.69, 9.17) is 9.84 Å². The number of ether oxygens (including phenoxy) is 1. The average molecular weight is 314 g/mol. The molecule has 0 aliphatic rings. The number of carbonyl (C=O) groups is 2. The molecule has 0 heterocycles. The summed E-state index contributed by atoms with van der Waals surface area (Å²) >= 11 is 0. The molecule has 0 aromatic carbocycles. The molecular weight excluding hydrogens is 280 g/mol. The van der Waals surface area contributed by atoms with Crippen LogP contribution in [0.4, 0.5) is 0 Å². The second-order valence-electron chi connectivity index (χ2n) is 6.16. The van der Waals surface area contributed by atoms with Crippen LogP contribution in [-0.2, 0) is 14.3 Å². The van der Waals surface area contributed by atoms with E-state index in [2.05, 4.69) is 6.92 Å². The van der Waals surface area contributed by atoms with Crippen LogP contribution in [0.1, 0.15) is 97.3 Å². The Balaban J connectivity index is 3.40. The Kier molecular flexibility index (Phi) is 14.1. The Morgan fingerprint density at radius 3 is 2.05 bits per heavy atom. The van der Waals surface area contributed by atoms with Gasteiger partial charge in [-0.25, -0.2) is 0 Å². The number of carboxylic acids is 1. The lowest BCUT2D eigenvalue weighted by Gasteiger charge is -2.13. The molecule has 1 N–H and O–H groups in total. The topological polar surface area (TPSA) is 63.6 Å². The van der Waals surface area contributed by atoms with Gasteiger partial charge in [0.2, 0.25) is 0 Å². The standard InChI is InChI=1S/C18H34O4/c1-3-4-5-6-7-8-10-13-16(2)22-18(21)15-12-9-11-14-17(19)20/h16H,3-15H2,1-2H3,(H,19,20). The molecule has 0 aliphatic heterocycles. The summed E-state index contributed by atoms with van der Waals surface area (Å²) in [5.74, 6) is -0.920. The molecule has 0 fully saturated rings. The van der Waals surface area contributed by atoms with Crippen LogP contribution in [0, 0.1) is 0 Å². The third-order valence-corrected chi connectivity index (χ3v) is 3.82. The van der Waals surface area contributed by atoms with Gasteiger partial charge in [-0.3, -0.25) is 9.59 Å². The lowest BCUT2D eigenvalue weighted by Crippen LogP contribution is -2.14. The predicted octanol–water partition coefficient (Wildman–Crippen LogP) is 5.09. The molecule has 22 heavy (non-hydrogen) atoms. The molecule has 0 saturated carbocycles. The third-order valence-electron chi connectivity index (χ3n) is 3.82. The SMILES string of the molecule is CCCCCCCCCC(C)OC(=O)CCCCCC(=O)O. The van der Waals surface area contributed by atoms with Crippen molar-refractivity contribution in [2.75, 3.05) is 0 Å². The summed E-state index contributed by atoms with van der Waals surface area (Å²) < 4.78 is 5.37. The van der Waals surface area contributed by atoms with E-state index in [0.717, 1.165) is 25.7 Å². The van der Waals surface area contributed by atoms with Crippen molar-refractivity contribution in [3.05, 3.63) is 0 Å². The van der Waals surface area contributed by atoms with E-state index in [9.17, 15) is 9.59 Å². The van der Waals surface area contributed by atoms with Gasteiger partial charge in [0, 0.05) is 12.8 Å². The highest BCUT2D eigenvalue weighted by molar-refractivity contribution is 5.69. The summed E-state index contributed by atoms with van der Waals surface area (Å²) in [6, 6.07) is 0. The van der Waals surface area contributed by atoms with Crippen molar-refractivity contribution in [1.82, 2.24) is 0 Å². The summed E-state index contributed by atoms with van der Waals surface area (Å²) in [7, 11) is 0. The summed E-state index contributed by atoms with van der Waals surface area (Å²) in [6.07, 6.45) is 12.6. The fourth-order valence-corrected chi connectivity index (χ4v) is 2.45. The van der Waals surface area contributed by atoms with E-state index in [1.165, 1.54) is 38.5 Å². The van der Waals surface area contributed by atoms with Gasteiger partial charge in [0.1, 0.15) is 0 Å². The Hall–Kier alpha value is -1.06. The average Bonchev–Trinajstić information content (AvgIpc) is 2.45. The normalized spacial score (nSPS) is 12.1. The largest absolute Gasteiger partial charge is 0.481 e. The van der Waals surface area contributed by atoms with Crippen molar-refractivity contribution in [2.45, 2.75) is 103 Å². The first-order chi connectivity index (χ1) is 10.6. The van der Waals surface area contributed by atoms with Crippen molar-refractivity contribution in [2.24, 2.45) is 0 Å². The van der Waals surface area contributed by atoms with Crippen molar-refractivity contribution < 1.29 is 19.4 Å². The molecule has 0 rings (SSSR count). The number of rotatable bonds is 15. The zero-order valence-corrected chi connectivity index (χ0v) is 14.4. The molecule has 130 valence electrons. The first-order valence-electron chi connectivity index (χ1n) is 8.97. The van der Waals surface area contributed by atoms with Gasteiger partial charge in [-0.15, -0.1) is 0 Å². The molecule has 4 nitrogen and oxygen atoms in total. The Labute approximate surface area is 135 Å². The molecule has 1 atom stereocenters. The number of carbonyl (C=O) groups excluding carboxylic acids is 1. The molecule has 0 bridgehead atoms. The molecule has 0 radical (unpaired) electrons. The first kappa shape index (κ1) is 20.9. The van der Waals surface area contributed by atoms with Gasteiger partial charge in [0.15, 0.2) is 0 Å². The lowest BCUT2D eigenvalue weighted by molar-refractivity contribution is -0.148. The number of aliphatic carboxylic acids is 1. The summed E-state index contributed by atoms with van der Waals surface area (Å²) in [4.78, 5) is 22.0. The van der Waals surface area contributed by atoms with Crippen molar-refractivity contribution in [3.8, 4) is 0 Å². The van der Waals surface area contributed by atoms with E-state index in [1.54, 1.807) is 0 Å². The van der Waals surface area contributed by atoms with E-state index >= 15 is 0 Å². The molecule has 0 amide bonds. The van der Waals surface area contributed by atoms with Crippen molar-refractivity contribution >= 4 is 11.9 Å². The van der Waals surface area contributed by atoms with Gasteiger partial charge in [-0.2, -0.15) is 0 Å². The van der Waals surface area contributed by atoms with Crippen LogP contribution in [0.15, 0.2) is 0 Å². The Bertz CT molecular complexity index is 289. The van der Waals surface area contributed by atoms with Crippen LogP contribution in [-0.4, -0.2) is 23.1 Å². The van der Waals surface area contributed by atoms with Crippen LogP contribution in [0.3, 0.4) is 0 Å². The Morgan fingerprint density at radius 1 is 0.864 bits per heavy atom. The highest BCUT2D eigenvalue weighted by Crippen LogP contribution is 2.12. The molecule has 4 heteroatoms. The number of unbranched alkanes of at least 4 members (excludes halogenated alkanes) is 8. The first-order valence-corrected chi connectivity index (χ1v) is 8.97. The quantitative estimate of drug-likeness (QED) is 0.337. The zero-order valence-electron chi connectivity index (χ0n) is 14.4. The second-order valence-corrected chi connectivity index (χ2v) is 6.16. The fourth-order valence-electron chi connectivity index (χ4n) is 2.45. The third kappa shape index (κ3) is 15.3. The van der Waals surface area contributed by atoms with Crippen LogP contribution in [0.2, 0.25) is 0 Å². The molecular formula is C18H34O4. The minimum Gasteiger partial charge on any atom is -0.481 e. The van der Waals surface area contributed by atoms with Crippen LogP contribution < -0.4 is 0 Å². The van der Waals surface area contributed by atoms with E-state index < -0.39 is 5.97 Å². The van der Waals surface area contributed by atoms with Gasteiger partial charge in [0.05, 0.1) is 6.10 Å². The van der Waals surface area contributed by atoms with Gasteiger partial charge in [-0.05, 0) is 32.6 Å². The molecule has 1 unspecified atom stereocenters. The zero-order chi connectivity index (χ0) is 16.6. The van der Waals surface area contributed by atoms with E-state index in [1.807, 2.05) is 6.92 Å². The predicted molar refractivity (Wildman–Crippen MR) is 88.9 cm³/mol. The molecule has 0 aromatic heterocycles. The van der Waals surface area contributed by atoms with Gasteiger partial charge in [0.25, 0.3) is 0 Å². The van der Waals surface area contributed by atoms with Gasteiger partial charge >= 0.3 is 11.9 Å². The Morgan fingerprint density at radius 2 is 1.41 bits per heavy atom. The monoisotopic (exact) mass is 314 g/mol. The van der Waals surface area contributed by atoms with E-state index in [-0.39, 0.29) is 18.5 Å². The minimum absolute atomic E-state index is 0.00200. The van der Waals surface area contributed by atoms with Gasteiger partial charge in [-0.1, -0.05) is 51.9 Å². The van der Waals surface area contributed by atoms with Crippen molar-refractivity contribution in [1.29, 1.82) is 0 Å². The van der Waals surface area contributed by atoms with Gasteiger partial charge < -0.3 is 9.84 Å². The van der Waals surface area contributed by atoms with Crippen LogP contribution in [0.5, 0.6) is 0 Å². The highest BCUT2D eigenvalue weighted by Gasteiger charge is 2.09.